The molecule has 1 aromatic carbocycles. The highest BCUT2D eigenvalue weighted by Crippen LogP contribution is 2.18. The first kappa shape index (κ1) is 20.2. The summed E-state index contributed by atoms with van der Waals surface area (Å²) < 4.78 is 1.01. The summed E-state index contributed by atoms with van der Waals surface area (Å²) in [6.07, 6.45) is 0.759. The molecule has 132 valence electrons. The van der Waals surface area contributed by atoms with Crippen molar-refractivity contribution in [2.75, 3.05) is 13.1 Å². The van der Waals surface area contributed by atoms with Crippen LogP contribution in [0, 0.1) is 6.92 Å². The van der Waals surface area contributed by atoms with Gasteiger partial charge in [0.1, 0.15) is 6.04 Å². The number of nitrogens with zero attached hydrogens (tertiary/aromatic N) is 1. The van der Waals surface area contributed by atoms with Gasteiger partial charge < -0.3 is 15.3 Å². The average Bonchev–Trinajstić information content (AvgIpc) is 2.51. The van der Waals surface area contributed by atoms with Crippen LogP contribution in [-0.4, -0.2) is 46.9 Å². The van der Waals surface area contributed by atoms with Crippen molar-refractivity contribution >= 4 is 33.7 Å². The van der Waals surface area contributed by atoms with Crippen molar-refractivity contribution in [3.63, 3.8) is 0 Å². The molecule has 24 heavy (non-hydrogen) atoms. The van der Waals surface area contributed by atoms with E-state index in [4.69, 9.17) is 0 Å². The molecule has 1 atom stereocenters. The molecule has 1 unspecified atom stereocenters. The fourth-order valence-corrected chi connectivity index (χ4v) is 2.52. The third kappa shape index (κ3) is 6.31. The molecule has 0 bridgehead atoms. The van der Waals surface area contributed by atoms with Crippen LogP contribution in [0.4, 0.5) is 0 Å². The van der Waals surface area contributed by atoms with Crippen molar-refractivity contribution in [1.29, 1.82) is 0 Å². The van der Waals surface area contributed by atoms with Crippen molar-refractivity contribution in [3.05, 3.63) is 33.8 Å². The Hall–Kier alpha value is -1.89. The Bertz CT molecular complexity index is 619. The van der Waals surface area contributed by atoms with Crippen LogP contribution < -0.4 is 5.32 Å². The van der Waals surface area contributed by atoms with Gasteiger partial charge in [0.25, 0.3) is 0 Å². The van der Waals surface area contributed by atoms with Crippen LogP contribution in [0.1, 0.15) is 31.4 Å². The fourth-order valence-electron chi connectivity index (χ4n) is 2.28. The quantitative estimate of drug-likeness (QED) is 0.701. The standard InChI is InChI=1S/C17H23BrN2O4/c1-11-10-14(4-6-15(11)18)5-7-16(22)20(12(2)17(23)24)9-8-19-13(3)21/h4,6,10,12H,5,7-9H2,1-3H3,(H,19,21)(H,23,24). The maximum Gasteiger partial charge on any atom is 0.326 e. The molecule has 2 N–H and O–H groups in total. The van der Waals surface area contributed by atoms with Crippen molar-refractivity contribution in [3.8, 4) is 0 Å². The summed E-state index contributed by atoms with van der Waals surface area (Å²) in [6, 6.07) is 4.94. The van der Waals surface area contributed by atoms with E-state index in [1.54, 1.807) is 0 Å². The molecule has 0 heterocycles. The predicted molar refractivity (Wildman–Crippen MR) is 94.7 cm³/mol. The van der Waals surface area contributed by atoms with Gasteiger partial charge in [0.15, 0.2) is 0 Å². The van der Waals surface area contributed by atoms with Crippen molar-refractivity contribution in [2.24, 2.45) is 0 Å². The number of carboxylic acid groups (broad SMARTS) is 1. The van der Waals surface area contributed by atoms with Gasteiger partial charge in [0.05, 0.1) is 0 Å². The van der Waals surface area contributed by atoms with Crippen LogP contribution in [0.15, 0.2) is 22.7 Å². The molecule has 0 saturated carbocycles. The second-order valence-corrected chi connectivity index (χ2v) is 6.52. The molecule has 1 rings (SSSR count). The van der Waals surface area contributed by atoms with E-state index in [-0.39, 0.29) is 31.3 Å². The summed E-state index contributed by atoms with van der Waals surface area (Å²) in [5.74, 6) is -1.52. The van der Waals surface area contributed by atoms with Crippen molar-refractivity contribution in [2.45, 2.75) is 39.7 Å². The summed E-state index contributed by atoms with van der Waals surface area (Å²) in [4.78, 5) is 35.9. The molecule has 0 fully saturated rings. The van der Waals surface area contributed by atoms with E-state index in [1.807, 2.05) is 25.1 Å². The zero-order chi connectivity index (χ0) is 18.3. The number of carboxylic acids is 1. The Morgan fingerprint density at radius 1 is 1.33 bits per heavy atom. The molecule has 0 aliphatic rings. The number of aryl methyl sites for hydroxylation is 2. The highest BCUT2D eigenvalue weighted by molar-refractivity contribution is 9.10. The second kappa shape index (κ2) is 9.42. The van der Waals surface area contributed by atoms with Gasteiger partial charge in [-0.15, -0.1) is 0 Å². The number of hydrogen-bond donors (Lipinski definition) is 2. The molecular weight excluding hydrogens is 376 g/mol. The van der Waals surface area contributed by atoms with E-state index < -0.39 is 12.0 Å². The highest BCUT2D eigenvalue weighted by Gasteiger charge is 2.24. The molecule has 0 radical (unpaired) electrons. The summed E-state index contributed by atoms with van der Waals surface area (Å²) in [5.41, 5.74) is 2.11. The number of aliphatic carboxylic acids is 1. The minimum Gasteiger partial charge on any atom is -0.480 e. The lowest BCUT2D eigenvalue weighted by atomic mass is 10.1. The maximum absolute atomic E-state index is 12.4. The summed E-state index contributed by atoms with van der Waals surface area (Å²) >= 11 is 3.43. The van der Waals surface area contributed by atoms with Gasteiger partial charge in [0.2, 0.25) is 11.8 Å². The lowest BCUT2D eigenvalue weighted by molar-refractivity contribution is -0.149. The molecule has 0 aromatic heterocycles. The van der Waals surface area contributed by atoms with Crippen LogP contribution in [0.25, 0.3) is 0 Å². The van der Waals surface area contributed by atoms with Gasteiger partial charge in [-0.2, -0.15) is 0 Å². The van der Waals surface area contributed by atoms with Crippen molar-refractivity contribution < 1.29 is 19.5 Å². The van der Waals surface area contributed by atoms with E-state index in [0.717, 1.165) is 15.6 Å². The van der Waals surface area contributed by atoms with Gasteiger partial charge in [-0.1, -0.05) is 28.1 Å². The Balaban J connectivity index is 2.70. The van der Waals surface area contributed by atoms with Crippen LogP contribution in [0.2, 0.25) is 0 Å². The molecule has 1 aromatic rings. The van der Waals surface area contributed by atoms with E-state index in [1.165, 1.54) is 18.7 Å². The molecular formula is C17H23BrN2O4. The van der Waals surface area contributed by atoms with Crippen molar-refractivity contribution in [1.82, 2.24) is 10.2 Å². The highest BCUT2D eigenvalue weighted by atomic mass is 79.9. The van der Waals surface area contributed by atoms with E-state index >= 15 is 0 Å². The smallest absolute Gasteiger partial charge is 0.326 e. The number of nitrogens with one attached hydrogen (secondary N) is 1. The maximum atomic E-state index is 12.4. The van der Waals surface area contributed by atoms with Crippen LogP contribution >= 0.6 is 15.9 Å². The zero-order valence-electron chi connectivity index (χ0n) is 14.1. The number of carbonyl (C=O) groups excluding carboxylic acids is 2. The van der Waals surface area contributed by atoms with Gasteiger partial charge >= 0.3 is 5.97 Å². The summed E-state index contributed by atoms with van der Waals surface area (Å²) in [5, 5.41) is 11.8. The monoisotopic (exact) mass is 398 g/mol. The van der Waals surface area contributed by atoms with Crippen LogP contribution in [0.3, 0.4) is 0 Å². The Kier molecular flexibility index (Phi) is 7.91. The number of halogens is 1. The van der Waals surface area contributed by atoms with E-state index in [0.29, 0.717) is 6.42 Å². The Labute approximate surface area is 150 Å². The number of hydrogen-bond acceptors (Lipinski definition) is 3. The largest absolute Gasteiger partial charge is 0.480 e. The molecule has 0 spiro atoms. The molecule has 2 amide bonds. The van der Waals surface area contributed by atoms with E-state index in [2.05, 4.69) is 21.2 Å². The first-order chi connectivity index (χ1) is 11.2. The van der Waals surface area contributed by atoms with E-state index in [9.17, 15) is 19.5 Å². The Morgan fingerprint density at radius 2 is 2.00 bits per heavy atom. The van der Waals surface area contributed by atoms with Gasteiger partial charge in [0, 0.05) is 30.9 Å². The summed E-state index contributed by atoms with van der Waals surface area (Å²) in [7, 11) is 0. The first-order valence-electron chi connectivity index (χ1n) is 7.74. The molecule has 0 aliphatic carbocycles. The minimum atomic E-state index is -1.06. The molecule has 0 aliphatic heterocycles. The lowest BCUT2D eigenvalue weighted by Crippen LogP contribution is -2.46. The predicted octanol–water partition coefficient (Wildman–Crippen LogP) is 2.13. The Morgan fingerprint density at radius 3 is 2.54 bits per heavy atom. The van der Waals surface area contributed by atoms with Crippen LogP contribution in [-0.2, 0) is 20.8 Å². The SMILES string of the molecule is CC(=O)NCCN(C(=O)CCc1ccc(Br)c(C)c1)C(C)C(=O)O. The molecule has 6 nitrogen and oxygen atoms in total. The van der Waals surface area contributed by atoms with Gasteiger partial charge in [-0.3, -0.25) is 9.59 Å². The normalized spacial score (nSPS) is 11.7. The zero-order valence-corrected chi connectivity index (χ0v) is 15.7. The number of benzene rings is 1. The second-order valence-electron chi connectivity index (χ2n) is 5.67. The average molecular weight is 399 g/mol. The van der Waals surface area contributed by atoms with Gasteiger partial charge in [-0.25, -0.2) is 4.79 Å². The topological polar surface area (TPSA) is 86.7 Å². The van der Waals surface area contributed by atoms with Crippen LogP contribution in [0.5, 0.6) is 0 Å². The number of amides is 2. The molecule has 0 saturated heterocycles. The first-order valence-corrected chi connectivity index (χ1v) is 8.53. The fraction of sp³-hybridized carbons (Fsp3) is 0.471. The minimum absolute atomic E-state index is 0.172. The number of rotatable bonds is 8. The lowest BCUT2D eigenvalue weighted by Gasteiger charge is -2.26. The van der Waals surface area contributed by atoms with Gasteiger partial charge in [-0.05, 0) is 37.5 Å². The molecule has 7 heteroatoms. The third-order valence-corrected chi connectivity index (χ3v) is 4.61. The number of carbonyl (C=O) groups is 3. The summed E-state index contributed by atoms with van der Waals surface area (Å²) in [6.45, 7) is 5.23. The third-order valence-electron chi connectivity index (χ3n) is 3.72.